The van der Waals surface area contributed by atoms with Gasteiger partial charge in [0.25, 0.3) is 0 Å². The molecule has 10 aromatic carbocycles. The van der Waals surface area contributed by atoms with Crippen LogP contribution in [0.3, 0.4) is 0 Å². The zero-order valence-electron chi connectivity index (χ0n) is 66.5. The van der Waals surface area contributed by atoms with Crippen LogP contribution in [-0.2, 0) is 5.41 Å². The SMILES string of the molecule is CCCCCCCCCCCCOc1ccc(/C=C2/c3cc(-c4ccccc4)ccc3-c3ccc(-c4ccc5c(c4)C(CCCCCCCC)(CCCCCCCC)c4cc(-c6ccccc6)ccc4-5)cc32)cc1.CCCCCCCCCCCCOc1ccc(C=C2c3cc(Br)ccc3-c3ccc(Br)cc32)cc1. The second-order valence-corrected chi connectivity index (χ2v) is 33.4. The summed E-state index contributed by atoms with van der Waals surface area (Å²) in [4.78, 5) is 0. The number of hydrogen-bond donors (Lipinski definition) is 0. The van der Waals surface area contributed by atoms with Gasteiger partial charge < -0.3 is 9.47 Å². The smallest absolute Gasteiger partial charge is 0.119 e. The molecule has 0 fully saturated rings. The van der Waals surface area contributed by atoms with E-state index in [4.69, 9.17) is 9.47 Å². The summed E-state index contributed by atoms with van der Waals surface area (Å²) in [5, 5.41) is 0. The Morgan fingerprint density at radius 2 is 0.532 bits per heavy atom. The second-order valence-electron chi connectivity index (χ2n) is 31.6. The minimum absolute atomic E-state index is 0.0179. The minimum atomic E-state index is -0.0179. The van der Waals surface area contributed by atoms with Crippen molar-refractivity contribution in [3.05, 3.63) is 272 Å². The first-order chi connectivity index (χ1) is 53.7. The van der Waals surface area contributed by atoms with E-state index in [2.05, 4.69) is 290 Å². The van der Waals surface area contributed by atoms with E-state index in [1.807, 2.05) is 0 Å². The number of benzene rings is 10. The first-order valence-corrected chi connectivity index (χ1v) is 44.5. The van der Waals surface area contributed by atoms with Crippen LogP contribution in [0.15, 0.2) is 227 Å². The molecule has 568 valence electrons. The molecule has 2 nitrogen and oxygen atoms in total. The van der Waals surface area contributed by atoms with Crippen molar-refractivity contribution in [2.24, 2.45) is 0 Å². The van der Waals surface area contributed by atoms with Gasteiger partial charge in [-0.05, 0) is 233 Å². The third-order valence-electron chi connectivity index (χ3n) is 23.5. The fourth-order valence-electron chi connectivity index (χ4n) is 17.3. The fourth-order valence-corrected chi connectivity index (χ4v) is 18.0. The van der Waals surface area contributed by atoms with Crippen molar-refractivity contribution < 1.29 is 9.47 Å². The van der Waals surface area contributed by atoms with E-state index in [1.165, 1.54) is 317 Å². The maximum Gasteiger partial charge on any atom is 0.119 e. The Hall–Kier alpha value is -7.76. The van der Waals surface area contributed by atoms with Crippen LogP contribution in [0, 0.1) is 0 Å². The summed E-state index contributed by atoms with van der Waals surface area (Å²) in [6, 6.07) is 81.8. The summed E-state index contributed by atoms with van der Waals surface area (Å²) in [5.41, 5.74) is 29.0. The van der Waals surface area contributed by atoms with Gasteiger partial charge in [0.1, 0.15) is 11.5 Å². The predicted molar refractivity (Wildman–Crippen MR) is 479 cm³/mol. The van der Waals surface area contributed by atoms with Crippen molar-refractivity contribution in [3.63, 3.8) is 0 Å². The van der Waals surface area contributed by atoms with Crippen molar-refractivity contribution in [3.8, 4) is 78.3 Å². The highest BCUT2D eigenvalue weighted by Crippen LogP contribution is 2.57. The molecule has 10 aromatic rings. The maximum atomic E-state index is 6.30. The average Bonchev–Trinajstić information content (AvgIpc) is 1.55. The monoisotopic (exact) mass is 1570 g/mol. The molecule has 0 radical (unpaired) electrons. The number of ether oxygens (including phenoxy) is 2. The zero-order valence-corrected chi connectivity index (χ0v) is 69.6. The lowest BCUT2D eigenvalue weighted by Crippen LogP contribution is -2.25. The van der Waals surface area contributed by atoms with E-state index in [9.17, 15) is 0 Å². The molecule has 0 saturated heterocycles. The number of unbranched alkanes of at least 4 members (excludes halogenated alkanes) is 28. The molecule has 0 saturated carbocycles. The van der Waals surface area contributed by atoms with Gasteiger partial charge in [0, 0.05) is 14.4 Å². The Kier molecular flexibility index (Phi) is 31.6. The van der Waals surface area contributed by atoms with Crippen LogP contribution >= 0.6 is 31.9 Å². The first-order valence-electron chi connectivity index (χ1n) is 42.9. The lowest BCUT2D eigenvalue weighted by Gasteiger charge is -2.33. The molecule has 0 bridgehead atoms. The molecular formula is C105H122Br2O2. The number of hydrogen-bond acceptors (Lipinski definition) is 2. The van der Waals surface area contributed by atoms with Crippen molar-refractivity contribution in [2.75, 3.05) is 13.2 Å². The molecule has 0 aliphatic heterocycles. The van der Waals surface area contributed by atoms with Crippen LogP contribution in [-0.4, -0.2) is 13.2 Å². The Labute approximate surface area is 674 Å². The largest absolute Gasteiger partial charge is 0.494 e. The van der Waals surface area contributed by atoms with E-state index in [0.717, 1.165) is 46.5 Å². The van der Waals surface area contributed by atoms with Crippen LogP contribution < -0.4 is 9.47 Å². The van der Waals surface area contributed by atoms with Crippen LogP contribution in [0.4, 0.5) is 0 Å². The summed E-state index contributed by atoms with van der Waals surface area (Å²) in [6.07, 6.45) is 49.7. The van der Waals surface area contributed by atoms with Crippen molar-refractivity contribution >= 4 is 55.2 Å². The van der Waals surface area contributed by atoms with E-state index in [1.54, 1.807) is 11.1 Å². The van der Waals surface area contributed by atoms with Gasteiger partial charge in [-0.2, -0.15) is 0 Å². The van der Waals surface area contributed by atoms with E-state index in [0.29, 0.717) is 0 Å². The molecule has 0 unspecified atom stereocenters. The average molecular weight is 1580 g/mol. The molecule has 13 rings (SSSR count). The highest BCUT2D eigenvalue weighted by molar-refractivity contribution is 9.10. The van der Waals surface area contributed by atoms with Gasteiger partial charge >= 0.3 is 0 Å². The summed E-state index contributed by atoms with van der Waals surface area (Å²) in [5.74, 6) is 1.92. The van der Waals surface area contributed by atoms with Crippen LogP contribution in [0.1, 0.15) is 291 Å². The van der Waals surface area contributed by atoms with Gasteiger partial charge in [-0.3, -0.25) is 0 Å². The minimum Gasteiger partial charge on any atom is -0.494 e. The van der Waals surface area contributed by atoms with E-state index in [-0.39, 0.29) is 5.41 Å². The summed E-state index contributed by atoms with van der Waals surface area (Å²) >= 11 is 7.30. The van der Waals surface area contributed by atoms with Crippen LogP contribution in [0.5, 0.6) is 11.5 Å². The first kappa shape index (κ1) is 80.7. The van der Waals surface area contributed by atoms with Crippen molar-refractivity contribution in [2.45, 2.75) is 251 Å². The van der Waals surface area contributed by atoms with Gasteiger partial charge in [0.2, 0.25) is 0 Å². The quantitative estimate of drug-likeness (QED) is 0.0355. The molecule has 4 heteroatoms. The van der Waals surface area contributed by atoms with Gasteiger partial charge in [0.05, 0.1) is 13.2 Å². The van der Waals surface area contributed by atoms with Gasteiger partial charge in [0.15, 0.2) is 0 Å². The Bertz CT molecular complexity index is 4450. The zero-order chi connectivity index (χ0) is 75.3. The van der Waals surface area contributed by atoms with Gasteiger partial charge in [-0.15, -0.1) is 0 Å². The van der Waals surface area contributed by atoms with Gasteiger partial charge in [-0.1, -0.05) is 398 Å². The van der Waals surface area contributed by atoms with Crippen LogP contribution in [0.25, 0.3) is 90.1 Å². The lowest BCUT2D eigenvalue weighted by atomic mass is 9.70. The van der Waals surface area contributed by atoms with Crippen molar-refractivity contribution in [1.82, 2.24) is 0 Å². The molecule has 0 heterocycles. The maximum absolute atomic E-state index is 6.30. The molecule has 3 aliphatic carbocycles. The standard InChI is InChI=1S/C73H86O.C32H36Br2O/c1-4-7-10-13-16-17-18-19-22-31-50-74-63-42-36-56(37-43-63)51-68-69-52-59(57-32-25-23-26-33-57)38-44-64(69)65-45-39-60(53-70(65)68)62-41-47-67-66-46-40-61(58-34-27-24-28-35-58)54-71(66)73(72(67)55-62,48-29-20-14-11-8-5-2)49-30-21-15-12-9-6-3;1-2-3-4-5-6-7-8-9-10-11-20-35-27-16-12-24(13-17-27)21-30-31-22-25(33)14-18-28(31)29-19-15-26(34)23-32(29)30/h23-28,32-47,51-55H,4-22,29-31,48-50H2,1-3H3;12-19,21-23H,2-11,20H2,1H3/b68-51-;. The summed E-state index contributed by atoms with van der Waals surface area (Å²) in [7, 11) is 0. The highest BCUT2D eigenvalue weighted by atomic mass is 79.9. The van der Waals surface area contributed by atoms with Gasteiger partial charge in [-0.25, -0.2) is 0 Å². The topological polar surface area (TPSA) is 18.5 Å². The normalized spacial score (nSPS) is 13.0. The third kappa shape index (κ3) is 21.9. The Morgan fingerprint density at radius 1 is 0.248 bits per heavy atom. The lowest BCUT2D eigenvalue weighted by molar-refractivity contribution is 0.304. The fraction of sp³-hybridized carbons (Fsp3) is 0.390. The Morgan fingerprint density at radius 3 is 0.890 bits per heavy atom. The highest BCUT2D eigenvalue weighted by Gasteiger charge is 2.43. The third-order valence-corrected chi connectivity index (χ3v) is 24.5. The molecule has 0 atom stereocenters. The second kappa shape index (κ2) is 42.6. The summed E-state index contributed by atoms with van der Waals surface area (Å²) in [6.45, 7) is 10.8. The number of fused-ring (bicyclic) bond motifs is 9. The molecule has 109 heavy (non-hydrogen) atoms. The van der Waals surface area contributed by atoms with E-state index < -0.39 is 0 Å². The molecule has 3 aliphatic rings. The van der Waals surface area contributed by atoms with Crippen LogP contribution in [0.2, 0.25) is 0 Å². The predicted octanol–water partition coefficient (Wildman–Crippen LogP) is 33.4. The summed E-state index contributed by atoms with van der Waals surface area (Å²) < 4.78 is 14.5. The van der Waals surface area contributed by atoms with E-state index >= 15 is 0 Å². The molecule has 0 amide bonds. The van der Waals surface area contributed by atoms with Crippen molar-refractivity contribution in [1.29, 1.82) is 0 Å². The number of halogens is 2. The molecule has 0 N–H and O–H groups in total. The number of rotatable bonds is 43. The Balaban J connectivity index is 0.000000264. The molecular weight excluding hydrogens is 1450 g/mol. The molecule has 0 aromatic heterocycles. The molecule has 0 spiro atoms.